The van der Waals surface area contributed by atoms with E-state index in [-0.39, 0.29) is 18.1 Å². The number of hydrogen-bond donors (Lipinski definition) is 1. The van der Waals surface area contributed by atoms with Crippen molar-refractivity contribution in [1.82, 2.24) is 4.90 Å². The molecule has 0 unspecified atom stereocenters. The number of nitriles is 1. The second-order valence-electron chi connectivity index (χ2n) is 6.58. The molecule has 0 bridgehead atoms. The van der Waals surface area contributed by atoms with Crippen molar-refractivity contribution in [2.24, 2.45) is 0 Å². The van der Waals surface area contributed by atoms with Crippen LogP contribution in [0.1, 0.15) is 16.7 Å². The first-order valence-electron chi connectivity index (χ1n) is 9.10. The molecule has 3 amide bonds. The molecule has 1 N–H and O–H groups in total. The monoisotopic (exact) mass is 421 g/mol. The summed E-state index contributed by atoms with van der Waals surface area (Å²) in [4.78, 5) is 38.4. The Kier molecular flexibility index (Phi) is 6.54. The van der Waals surface area contributed by atoms with Gasteiger partial charge in [-0.3, -0.25) is 19.3 Å². The Labute approximate surface area is 178 Å². The first-order valence-corrected chi connectivity index (χ1v) is 9.92. The molecule has 3 rings (SSSR count). The fraction of sp³-hybridized carbons (Fsp3) is 0.182. The van der Waals surface area contributed by atoms with Crippen molar-refractivity contribution in [2.75, 3.05) is 18.5 Å². The molecule has 0 spiro atoms. The quantitative estimate of drug-likeness (QED) is 0.711. The minimum Gasteiger partial charge on any atom is -0.479 e. The number of anilines is 1. The normalized spacial score (nSPS) is 14.7. The van der Waals surface area contributed by atoms with E-state index in [4.69, 9.17) is 10.00 Å². The summed E-state index contributed by atoms with van der Waals surface area (Å²) in [6.07, 6.45) is 1.58. The van der Waals surface area contributed by atoms with Gasteiger partial charge in [0.15, 0.2) is 6.61 Å². The summed E-state index contributed by atoms with van der Waals surface area (Å²) >= 11 is 0.793. The van der Waals surface area contributed by atoms with Crippen molar-refractivity contribution in [3.63, 3.8) is 0 Å². The maximum atomic E-state index is 12.6. The van der Waals surface area contributed by atoms with E-state index < -0.39 is 17.1 Å². The zero-order valence-electron chi connectivity index (χ0n) is 16.5. The van der Waals surface area contributed by atoms with Crippen LogP contribution in [-0.2, 0) is 9.59 Å². The van der Waals surface area contributed by atoms with Crippen molar-refractivity contribution in [3.8, 4) is 11.8 Å². The predicted octanol–water partition coefficient (Wildman–Crippen LogP) is 3.88. The van der Waals surface area contributed by atoms with Crippen molar-refractivity contribution in [3.05, 3.63) is 64.1 Å². The highest BCUT2D eigenvalue weighted by Crippen LogP contribution is 2.32. The Morgan fingerprint density at radius 3 is 2.63 bits per heavy atom. The lowest BCUT2D eigenvalue weighted by molar-refractivity contribution is -0.127. The lowest BCUT2D eigenvalue weighted by Crippen LogP contribution is -2.36. The highest BCUT2D eigenvalue weighted by molar-refractivity contribution is 8.18. The molecule has 2 aromatic rings. The van der Waals surface area contributed by atoms with Crippen LogP contribution in [0.3, 0.4) is 0 Å². The molecule has 8 heteroatoms. The molecule has 2 aromatic carbocycles. The molecule has 0 saturated carbocycles. The van der Waals surface area contributed by atoms with Crippen LogP contribution in [0.15, 0.2) is 47.4 Å². The highest BCUT2D eigenvalue weighted by Gasteiger charge is 2.36. The lowest BCUT2D eigenvalue weighted by Gasteiger charge is -2.14. The molecule has 1 aliphatic heterocycles. The average Bonchev–Trinajstić information content (AvgIpc) is 2.98. The molecule has 1 saturated heterocycles. The number of rotatable bonds is 6. The number of benzene rings is 2. The molecule has 7 nitrogen and oxygen atoms in total. The van der Waals surface area contributed by atoms with Crippen molar-refractivity contribution < 1.29 is 19.1 Å². The molecular weight excluding hydrogens is 402 g/mol. The van der Waals surface area contributed by atoms with Gasteiger partial charge in [-0.05, 0) is 66.6 Å². The number of nitrogens with zero attached hydrogens (tertiary/aromatic N) is 2. The van der Waals surface area contributed by atoms with Crippen molar-refractivity contribution >= 4 is 40.6 Å². The van der Waals surface area contributed by atoms with Crippen LogP contribution in [0.4, 0.5) is 10.5 Å². The number of imide groups is 1. The molecule has 30 heavy (non-hydrogen) atoms. The van der Waals surface area contributed by atoms with E-state index in [1.54, 1.807) is 36.4 Å². The summed E-state index contributed by atoms with van der Waals surface area (Å²) in [6, 6.07) is 14.2. The van der Waals surface area contributed by atoms with Gasteiger partial charge in [-0.2, -0.15) is 5.26 Å². The van der Waals surface area contributed by atoms with E-state index in [1.807, 2.05) is 32.0 Å². The van der Waals surface area contributed by atoms with Gasteiger partial charge in [-0.25, -0.2) is 0 Å². The number of carbonyl (C=O) groups is 3. The topological polar surface area (TPSA) is 99.5 Å². The first kappa shape index (κ1) is 21.1. The van der Waals surface area contributed by atoms with Gasteiger partial charge in [-0.1, -0.05) is 24.3 Å². The number of thioether (sulfide) groups is 1. The molecular formula is C22H19N3O4S. The number of aryl methyl sites for hydroxylation is 1. The third kappa shape index (κ3) is 4.88. The molecule has 0 aromatic heterocycles. The number of amides is 3. The van der Waals surface area contributed by atoms with Gasteiger partial charge >= 0.3 is 0 Å². The maximum Gasteiger partial charge on any atom is 0.294 e. The number of ether oxygens (including phenoxy) is 1. The van der Waals surface area contributed by atoms with E-state index in [1.165, 1.54) is 0 Å². The summed E-state index contributed by atoms with van der Waals surface area (Å²) in [5.74, 6) is -0.415. The van der Waals surface area contributed by atoms with Gasteiger partial charge in [0.05, 0.1) is 4.91 Å². The molecule has 1 fully saturated rings. The van der Waals surface area contributed by atoms with E-state index in [9.17, 15) is 14.4 Å². The SMILES string of the molecule is Cc1cccc(NC(=O)CN2C(=O)S/C(=C\c3ccc(OCC#N)cc3)C2=O)c1C. The third-order valence-electron chi connectivity index (χ3n) is 4.54. The van der Waals surface area contributed by atoms with E-state index in [0.29, 0.717) is 17.0 Å². The second-order valence-corrected chi connectivity index (χ2v) is 7.57. The van der Waals surface area contributed by atoms with Crippen LogP contribution in [0.2, 0.25) is 0 Å². The Morgan fingerprint density at radius 2 is 1.93 bits per heavy atom. The summed E-state index contributed by atoms with van der Waals surface area (Å²) in [7, 11) is 0. The molecule has 0 aliphatic carbocycles. The number of nitrogens with one attached hydrogen (secondary N) is 1. The Balaban J connectivity index is 1.67. The van der Waals surface area contributed by atoms with Gasteiger partial charge in [0.1, 0.15) is 18.4 Å². The summed E-state index contributed by atoms with van der Waals surface area (Å²) in [6.45, 7) is 3.43. The summed E-state index contributed by atoms with van der Waals surface area (Å²) in [5, 5.41) is 10.8. The first-order chi connectivity index (χ1) is 14.4. The maximum absolute atomic E-state index is 12.6. The van der Waals surface area contributed by atoms with Crippen LogP contribution >= 0.6 is 11.8 Å². The van der Waals surface area contributed by atoms with Gasteiger partial charge < -0.3 is 10.1 Å². The molecule has 0 radical (unpaired) electrons. The zero-order chi connectivity index (χ0) is 21.7. The summed E-state index contributed by atoms with van der Waals surface area (Å²) < 4.78 is 5.18. The molecule has 1 heterocycles. The molecule has 0 atom stereocenters. The van der Waals surface area contributed by atoms with Gasteiger partial charge in [-0.15, -0.1) is 0 Å². The average molecular weight is 421 g/mol. The van der Waals surface area contributed by atoms with Crippen LogP contribution in [0.5, 0.6) is 5.75 Å². The van der Waals surface area contributed by atoms with Crippen molar-refractivity contribution in [2.45, 2.75) is 13.8 Å². The lowest BCUT2D eigenvalue weighted by atomic mass is 10.1. The standard InChI is InChI=1S/C22H19N3O4S/c1-14-4-3-5-18(15(14)2)24-20(26)13-25-21(27)19(30-22(25)28)12-16-6-8-17(9-7-16)29-11-10-23/h3-9,12H,11,13H2,1-2H3,(H,24,26)/b19-12-. The van der Waals surface area contributed by atoms with E-state index in [0.717, 1.165) is 27.8 Å². The second kappa shape index (κ2) is 9.29. The molecule has 152 valence electrons. The smallest absolute Gasteiger partial charge is 0.294 e. The fourth-order valence-electron chi connectivity index (χ4n) is 2.78. The van der Waals surface area contributed by atoms with E-state index >= 15 is 0 Å². The Hall–Kier alpha value is -3.57. The zero-order valence-corrected chi connectivity index (χ0v) is 17.3. The van der Waals surface area contributed by atoms with Gasteiger partial charge in [0.2, 0.25) is 5.91 Å². The van der Waals surface area contributed by atoms with Crippen LogP contribution < -0.4 is 10.1 Å². The van der Waals surface area contributed by atoms with Gasteiger partial charge in [0.25, 0.3) is 11.1 Å². The minimum absolute atomic E-state index is 0.0532. The van der Waals surface area contributed by atoms with Crippen LogP contribution in [0, 0.1) is 25.2 Å². The third-order valence-corrected chi connectivity index (χ3v) is 5.44. The minimum atomic E-state index is -0.508. The summed E-state index contributed by atoms with van der Waals surface area (Å²) in [5.41, 5.74) is 3.32. The fourth-order valence-corrected chi connectivity index (χ4v) is 3.62. The van der Waals surface area contributed by atoms with Crippen LogP contribution in [0.25, 0.3) is 6.08 Å². The number of carbonyl (C=O) groups excluding carboxylic acids is 3. The van der Waals surface area contributed by atoms with E-state index in [2.05, 4.69) is 5.32 Å². The largest absolute Gasteiger partial charge is 0.479 e. The molecule has 1 aliphatic rings. The Bertz CT molecular complexity index is 1070. The van der Waals surface area contributed by atoms with Crippen LogP contribution in [-0.4, -0.2) is 35.1 Å². The van der Waals surface area contributed by atoms with Crippen molar-refractivity contribution in [1.29, 1.82) is 5.26 Å². The van der Waals surface area contributed by atoms with Gasteiger partial charge in [0, 0.05) is 5.69 Å². The highest BCUT2D eigenvalue weighted by atomic mass is 32.2. The number of hydrogen-bond acceptors (Lipinski definition) is 6. The Morgan fingerprint density at radius 1 is 1.20 bits per heavy atom. The predicted molar refractivity (Wildman–Crippen MR) is 115 cm³/mol.